The van der Waals surface area contributed by atoms with Gasteiger partial charge in [-0.3, -0.25) is 4.79 Å². The Morgan fingerprint density at radius 3 is 2.20 bits per heavy atom. The number of amides is 1. The lowest BCUT2D eigenvalue weighted by atomic mass is 9.94. The van der Waals surface area contributed by atoms with Crippen molar-refractivity contribution < 1.29 is 43.2 Å². The van der Waals surface area contributed by atoms with Crippen LogP contribution in [0.1, 0.15) is 62.0 Å². The van der Waals surface area contributed by atoms with Crippen LogP contribution in [-0.4, -0.2) is 54.5 Å². The minimum Gasteiger partial charge on any atom is -0.496 e. The SMILES string of the molecule is CC.COc1ccc(C(=O)Nc2cc3ccc(OC4CCC(OC)C(C)(C)O4)c(C)c3oc2=O)cc1C.O=C(O)O. The van der Waals surface area contributed by atoms with E-state index in [-0.39, 0.29) is 11.8 Å². The Kier molecular flexibility index (Phi) is 11.7. The predicted octanol–water partition coefficient (Wildman–Crippen LogP) is 6.23. The second-order valence-corrected chi connectivity index (χ2v) is 9.55. The number of rotatable bonds is 6. The first-order valence-electron chi connectivity index (χ1n) is 13.2. The highest BCUT2D eigenvalue weighted by Gasteiger charge is 2.39. The van der Waals surface area contributed by atoms with E-state index >= 15 is 0 Å². The number of fused-ring (bicyclic) bond motifs is 1. The summed E-state index contributed by atoms with van der Waals surface area (Å²) in [7, 11) is 3.25. The smallest absolute Gasteiger partial charge is 0.496 e. The fraction of sp³-hybridized carbons (Fsp3) is 0.433. The molecule has 1 aromatic heterocycles. The number of hydrogen-bond donors (Lipinski definition) is 3. The molecule has 11 nitrogen and oxygen atoms in total. The maximum absolute atomic E-state index is 12.7. The Labute approximate surface area is 239 Å². The van der Waals surface area contributed by atoms with Crippen molar-refractivity contribution >= 4 is 28.7 Å². The van der Waals surface area contributed by atoms with Gasteiger partial charge in [-0.25, -0.2) is 9.59 Å². The van der Waals surface area contributed by atoms with Gasteiger partial charge in [0.15, 0.2) is 0 Å². The van der Waals surface area contributed by atoms with Gasteiger partial charge >= 0.3 is 11.8 Å². The molecule has 3 aromatic rings. The molecule has 1 aliphatic heterocycles. The van der Waals surface area contributed by atoms with Crippen LogP contribution in [-0.2, 0) is 9.47 Å². The number of carbonyl (C=O) groups excluding carboxylic acids is 1. The van der Waals surface area contributed by atoms with Crippen LogP contribution < -0.4 is 20.4 Å². The van der Waals surface area contributed by atoms with E-state index in [0.717, 1.165) is 12.0 Å². The first-order valence-corrected chi connectivity index (χ1v) is 13.2. The zero-order valence-electron chi connectivity index (χ0n) is 24.7. The van der Waals surface area contributed by atoms with Gasteiger partial charge in [-0.05, 0) is 76.1 Å². The summed E-state index contributed by atoms with van der Waals surface area (Å²) in [6.45, 7) is 11.6. The van der Waals surface area contributed by atoms with Gasteiger partial charge in [0, 0.05) is 30.0 Å². The monoisotopic (exact) mass is 573 g/mol. The quantitative estimate of drug-likeness (QED) is 0.289. The van der Waals surface area contributed by atoms with Gasteiger partial charge < -0.3 is 38.9 Å². The van der Waals surface area contributed by atoms with E-state index in [9.17, 15) is 9.59 Å². The second kappa shape index (κ2) is 14.5. The van der Waals surface area contributed by atoms with E-state index in [1.807, 2.05) is 47.6 Å². The zero-order valence-corrected chi connectivity index (χ0v) is 24.7. The average molecular weight is 574 g/mol. The van der Waals surface area contributed by atoms with Crippen LogP contribution in [0.25, 0.3) is 11.0 Å². The molecule has 2 unspecified atom stereocenters. The third kappa shape index (κ3) is 8.45. The van der Waals surface area contributed by atoms with Gasteiger partial charge in [0.2, 0.25) is 6.29 Å². The molecule has 0 bridgehead atoms. The first-order chi connectivity index (χ1) is 19.4. The van der Waals surface area contributed by atoms with Crippen LogP contribution in [0.5, 0.6) is 11.5 Å². The van der Waals surface area contributed by atoms with Crippen LogP contribution in [0.4, 0.5) is 10.5 Å². The number of hydrogen-bond acceptors (Lipinski definition) is 8. The number of nitrogens with one attached hydrogen (secondary N) is 1. The molecule has 41 heavy (non-hydrogen) atoms. The van der Waals surface area contributed by atoms with Gasteiger partial charge in [0.1, 0.15) is 22.8 Å². The molecule has 3 N–H and O–H groups in total. The number of carbonyl (C=O) groups is 2. The highest BCUT2D eigenvalue weighted by atomic mass is 16.7. The van der Waals surface area contributed by atoms with Gasteiger partial charge in [-0.2, -0.15) is 0 Å². The molecule has 0 aliphatic carbocycles. The van der Waals surface area contributed by atoms with Crippen molar-refractivity contribution in [1.82, 2.24) is 0 Å². The van der Waals surface area contributed by atoms with Crippen molar-refractivity contribution in [1.29, 1.82) is 0 Å². The summed E-state index contributed by atoms with van der Waals surface area (Å²) in [5.74, 6) is 0.842. The van der Waals surface area contributed by atoms with E-state index in [1.165, 1.54) is 0 Å². The Hall–Kier alpha value is -4.09. The largest absolute Gasteiger partial charge is 0.503 e. The average Bonchev–Trinajstić information content (AvgIpc) is 2.91. The number of methoxy groups -OCH3 is 2. The Morgan fingerprint density at radius 2 is 1.63 bits per heavy atom. The number of aryl methyl sites for hydroxylation is 2. The third-order valence-corrected chi connectivity index (χ3v) is 6.42. The highest BCUT2D eigenvalue weighted by Crippen LogP contribution is 2.34. The minimum absolute atomic E-state index is 0.00599. The summed E-state index contributed by atoms with van der Waals surface area (Å²) in [5, 5.41) is 17.3. The van der Waals surface area contributed by atoms with Crippen molar-refractivity contribution in [2.45, 2.75) is 72.4 Å². The van der Waals surface area contributed by atoms with Gasteiger partial charge in [-0.15, -0.1) is 0 Å². The van der Waals surface area contributed by atoms with Crippen LogP contribution >= 0.6 is 0 Å². The lowest BCUT2D eigenvalue weighted by Crippen LogP contribution is -2.49. The molecule has 2 atom stereocenters. The Balaban J connectivity index is 0.000000902. The molecule has 0 radical (unpaired) electrons. The topological polar surface area (TPSA) is 154 Å². The molecule has 4 rings (SSSR count). The fourth-order valence-corrected chi connectivity index (χ4v) is 4.47. The predicted molar refractivity (Wildman–Crippen MR) is 155 cm³/mol. The minimum atomic E-state index is -1.83. The summed E-state index contributed by atoms with van der Waals surface area (Å²) < 4.78 is 28.6. The molecule has 1 aliphatic rings. The van der Waals surface area contributed by atoms with Crippen molar-refractivity contribution in [3.63, 3.8) is 0 Å². The molecular formula is C30H39NO10. The number of anilines is 1. The van der Waals surface area contributed by atoms with Crippen molar-refractivity contribution in [2.24, 2.45) is 0 Å². The molecule has 11 heteroatoms. The molecule has 1 fully saturated rings. The van der Waals surface area contributed by atoms with Crippen LogP contribution in [0, 0.1) is 13.8 Å². The molecule has 2 heterocycles. The van der Waals surface area contributed by atoms with Gasteiger partial charge in [0.25, 0.3) is 5.91 Å². The Bertz CT molecular complexity index is 1410. The number of carboxylic acid groups (broad SMARTS) is 2. The zero-order chi connectivity index (χ0) is 30.9. The van der Waals surface area contributed by atoms with Gasteiger partial charge in [0.05, 0.1) is 18.8 Å². The van der Waals surface area contributed by atoms with E-state index in [1.54, 1.807) is 44.6 Å². The maximum Gasteiger partial charge on any atom is 0.503 e. The summed E-state index contributed by atoms with van der Waals surface area (Å²) in [6.07, 6.45) is -0.787. The van der Waals surface area contributed by atoms with E-state index in [4.69, 9.17) is 38.4 Å². The molecule has 0 spiro atoms. The standard InChI is InChI=1S/C27H31NO7.C2H6.CH2O3/c1-15-13-18(8-9-20(15)31-5)25(29)28-19-14-17-7-10-21(16(2)24(17)34-26(19)30)33-23-12-11-22(32-6)27(3,4)35-23;1-2;2-1(3)4/h7-10,13-14,22-23H,11-12H2,1-6H3,(H,28,29);1-2H3;(H2,2,3,4). The number of benzene rings is 2. The molecule has 224 valence electrons. The fourth-order valence-electron chi connectivity index (χ4n) is 4.47. The lowest BCUT2D eigenvalue weighted by Gasteiger charge is -2.41. The normalized spacial score (nSPS) is 17.3. The van der Waals surface area contributed by atoms with Crippen molar-refractivity contribution in [3.05, 3.63) is 63.5 Å². The van der Waals surface area contributed by atoms with E-state index < -0.39 is 29.6 Å². The maximum atomic E-state index is 12.7. The lowest BCUT2D eigenvalue weighted by molar-refractivity contribution is -0.233. The molecule has 1 amide bonds. The second-order valence-electron chi connectivity index (χ2n) is 9.55. The first kappa shape index (κ1) is 33.1. The third-order valence-electron chi connectivity index (χ3n) is 6.42. The van der Waals surface area contributed by atoms with E-state index in [0.29, 0.717) is 40.0 Å². The summed E-state index contributed by atoms with van der Waals surface area (Å²) in [4.78, 5) is 34.0. The van der Waals surface area contributed by atoms with Gasteiger partial charge in [-0.1, -0.05) is 13.8 Å². The molecule has 2 aromatic carbocycles. The summed E-state index contributed by atoms with van der Waals surface area (Å²) in [5.41, 5.74) is 1.24. The molecular weight excluding hydrogens is 534 g/mol. The van der Waals surface area contributed by atoms with Crippen LogP contribution in [0.15, 0.2) is 45.6 Å². The van der Waals surface area contributed by atoms with Crippen LogP contribution in [0.2, 0.25) is 0 Å². The number of ether oxygens (including phenoxy) is 4. The van der Waals surface area contributed by atoms with E-state index in [2.05, 4.69) is 5.32 Å². The highest BCUT2D eigenvalue weighted by molar-refractivity contribution is 6.05. The van der Waals surface area contributed by atoms with Crippen LogP contribution in [0.3, 0.4) is 0 Å². The Morgan fingerprint density at radius 1 is 1.00 bits per heavy atom. The summed E-state index contributed by atoms with van der Waals surface area (Å²) in [6, 6.07) is 10.3. The summed E-state index contributed by atoms with van der Waals surface area (Å²) >= 11 is 0. The molecule has 0 saturated carbocycles. The van der Waals surface area contributed by atoms with Crippen molar-refractivity contribution in [3.8, 4) is 11.5 Å². The van der Waals surface area contributed by atoms with Crippen molar-refractivity contribution in [2.75, 3.05) is 19.5 Å². The molecule has 1 saturated heterocycles.